The van der Waals surface area contributed by atoms with Gasteiger partial charge in [0.1, 0.15) is 11.6 Å². The molecule has 1 aromatic heterocycles. The Hall–Kier alpha value is -3.22. The van der Waals surface area contributed by atoms with Gasteiger partial charge < -0.3 is 5.73 Å². The van der Waals surface area contributed by atoms with Crippen molar-refractivity contribution in [2.45, 2.75) is 19.9 Å². The summed E-state index contributed by atoms with van der Waals surface area (Å²) in [6.07, 6.45) is 0.640. The first-order valence-electron chi connectivity index (χ1n) is 7.81. The minimum Gasteiger partial charge on any atom is -0.384 e. The van der Waals surface area contributed by atoms with Crippen LogP contribution in [-0.4, -0.2) is 9.49 Å². The number of aromatic nitrogens is 1. The Kier molecular flexibility index (Phi) is 4.22. The molecule has 0 bridgehead atoms. The predicted octanol–water partition coefficient (Wildman–Crippen LogP) is 3.71. The van der Waals surface area contributed by atoms with Crippen molar-refractivity contribution in [1.29, 1.82) is 0 Å². The number of nitrogen functional groups attached to an aromatic ring is 1. The molecule has 0 saturated carbocycles. The summed E-state index contributed by atoms with van der Waals surface area (Å²) in [5.41, 5.74) is 6.21. The Balaban J connectivity index is 2.49. The van der Waals surface area contributed by atoms with E-state index >= 15 is 0 Å². The number of hydrogen-bond acceptors (Lipinski definition) is 4. The Morgan fingerprint density at radius 2 is 1.92 bits per heavy atom. The summed E-state index contributed by atoms with van der Waals surface area (Å²) < 4.78 is 15.7. The van der Waals surface area contributed by atoms with Crippen LogP contribution in [0.2, 0.25) is 0 Å². The van der Waals surface area contributed by atoms with E-state index in [1.54, 1.807) is 18.2 Å². The number of nitro benzene ring substituents is 1. The first-order chi connectivity index (χ1) is 12.0. The van der Waals surface area contributed by atoms with Crippen molar-refractivity contribution in [2.24, 2.45) is 0 Å². The maximum Gasteiger partial charge on any atom is 0.270 e. The van der Waals surface area contributed by atoms with E-state index in [1.165, 1.54) is 28.8 Å². The molecule has 0 atom stereocenters. The molecule has 3 rings (SSSR count). The highest BCUT2D eigenvalue weighted by molar-refractivity contribution is 6.01. The SMILES string of the molecule is CCCn1c(N)c(-c2ccccc2F)c2ccc([N+](=O)[O-])cc2c1=O. The number of rotatable bonds is 4. The number of nitrogens with two attached hydrogens (primary N) is 1. The summed E-state index contributed by atoms with van der Waals surface area (Å²) in [4.78, 5) is 23.2. The third kappa shape index (κ3) is 2.73. The smallest absolute Gasteiger partial charge is 0.270 e. The molecule has 128 valence electrons. The van der Waals surface area contributed by atoms with Crippen LogP contribution in [0.3, 0.4) is 0 Å². The van der Waals surface area contributed by atoms with Gasteiger partial charge in [0, 0.05) is 29.8 Å². The number of halogens is 1. The first kappa shape index (κ1) is 16.6. The predicted molar refractivity (Wildman–Crippen MR) is 95.0 cm³/mol. The van der Waals surface area contributed by atoms with Crippen molar-refractivity contribution in [3.05, 3.63) is 68.7 Å². The Morgan fingerprint density at radius 3 is 2.56 bits per heavy atom. The average Bonchev–Trinajstić information content (AvgIpc) is 2.60. The van der Waals surface area contributed by atoms with E-state index < -0.39 is 16.3 Å². The molecule has 25 heavy (non-hydrogen) atoms. The van der Waals surface area contributed by atoms with E-state index in [2.05, 4.69) is 0 Å². The van der Waals surface area contributed by atoms with Crippen LogP contribution in [0.5, 0.6) is 0 Å². The monoisotopic (exact) mass is 341 g/mol. The highest BCUT2D eigenvalue weighted by atomic mass is 19.1. The molecule has 0 fully saturated rings. The topological polar surface area (TPSA) is 91.2 Å². The molecule has 2 N–H and O–H groups in total. The zero-order valence-corrected chi connectivity index (χ0v) is 13.5. The van der Waals surface area contributed by atoms with Gasteiger partial charge in [-0.15, -0.1) is 0 Å². The normalized spacial score (nSPS) is 11.0. The number of nitrogens with zero attached hydrogens (tertiary/aromatic N) is 2. The zero-order chi connectivity index (χ0) is 18.1. The van der Waals surface area contributed by atoms with Gasteiger partial charge in [0.2, 0.25) is 0 Å². The molecular formula is C18H16FN3O3. The molecule has 0 aliphatic carbocycles. The summed E-state index contributed by atoms with van der Waals surface area (Å²) >= 11 is 0. The van der Waals surface area contributed by atoms with Crippen molar-refractivity contribution in [2.75, 3.05) is 5.73 Å². The number of hydrogen-bond donors (Lipinski definition) is 1. The third-order valence-electron chi connectivity index (χ3n) is 4.10. The molecule has 0 aliphatic rings. The molecule has 1 heterocycles. The molecule has 6 nitrogen and oxygen atoms in total. The van der Waals surface area contributed by atoms with Crippen molar-refractivity contribution in [3.63, 3.8) is 0 Å². The Morgan fingerprint density at radius 1 is 1.20 bits per heavy atom. The average molecular weight is 341 g/mol. The van der Waals surface area contributed by atoms with Gasteiger partial charge in [0.25, 0.3) is 11.2 Å². The molecule has 0 unspecified atom stereocenters. The van der Waals surface area contributed by atoms with Crippen molar-refractivity contribution >= 4 is 22.3 Å². The lowest BCUT2D eigenvalue weighted by Crippen LogP contribution is -2.24. The summed E-state index contributed by atoms with van der Waals surface area (Å²) in [5, 5.41) is 11.6. The number of nitro groups is 1. The molecule has 7 heteroatoms. The third-order valence-corrected chi connectivity index (χ3v) is 4.10. The molecule has 0 spiro atoms. The van der Waals surface area contributed by atoms with Gasteiger partial charge in [-0.05, 0) is 23.9 Å². The van der Waals surface area contributed by atoms with Crippen LogP contribution in [-0.2, 0) is 6.54 Å². The van der Waals surface area contributed by atoms with Crippen molar-refractivity contribution < 1.29 is 9.31 Å². The van der Waals surface area contributed by atoms with E-state index in [9.17, 15) is 19.3 Å². The van der Waals surface area contributed by atoms with Crippen molar-refractivity contribution in [1.82, 2.24) is 4.57 Å². The van der Waals surface area contributed by atoms with Crippen LogP contribution < -0.4 is 11.3 Å². The van der Waals surface area contributed by atoms with Crippen LogP contribution in [0, 0.1) is 15.9 Å². The van der Waals surface area contributed by atoms with Crippen LogP contribution in [0.25, 0.3) is 21.9 Å². The minimum absolute atomic E-state index is 0.148. The zero-order valence-electron chi connectivity index (χ0n) is 13.5. The lowest BCUT2D eigenvalue weighted by Gasteiger charge is -2.17. The first-order valence-corrected chi connectivity index (χ1v) is 7.81. The summed E-state index contributed by atoms with van der Waals surface area (Å²) in [5.74, 6) is -0.325. The van der Waals surface area contributed by atoms with Gasteiger partial charge in [0.15, 0.2) is 0 Å². The molecular weight excluding hydrogens is 325 g/mol. The summed E-state index contributed by atoms with van der Waals surface area (Å²) in [6.45, 7) is 2.22. The molecule has 0 saturated heterocycles. The van der Waals surface area contributed by atoms with Gasteiger partial charge >= 0.3 is 0 Å². The molecule has 0 radical (unpaired) electrons. The number of benzene rings is 2. The number of non-ortho nitro benzene ring substituents is 1. The molecule has 3 aromatic rings. The van der Waals surface area contributed by atoms with E-state index in [4.69, 9.17) is 5.73 Å². The maximum absolute atomic E-state index is 14.4. The van der Waals surface area contributed by atoms with Crippen LogP contribution in [0.4, 0.5) is 15.9 Å². The van der Waals surface area contributed by atoms with Crippen molar-refractivity contribution in [3.8, 4) is 11.1 Å². The minimum atomic E-state index is -0.567. The van der Waals surface area contributed by atoms with Gasteiger partial charge in [-0.2, -0.15) is 0 Å². The van der Waals surface area contributed by atoms with Gasteiger partial charge in [-0.3, -0.25) is 19.5 Å². The Bertz CT molecular complexity index is 1040. The second kappa shape index (κ2) is 6.35. The summed E-state index contributed by atoms with van der Waals surface area (Å²) in [7, 11) is 0. The Labute approximate surface area is 142 Å². The molecule has 0 aliphatic heterocycles. The number of pyridine rings is 1. The number of fused-ring (bicyclic) bond motifs is 1. The second-order valence-electron chi connectivity index (χ2n) is 5.68. The number of anilines is 1. The fourth-order valence-corrected chi connectivity index (χ4v) is 2.96. The lowest BCUT2D eigenvalue weighted by molar-refractivity contribution is -0.384. The lowest BCUT2D eigenvalue weighted by atomic mass is 9.98. The van der Waals surface area contributed by atoms with Gasteiger partial charge in [-0.25, -0.2) is 4.39 Å². The quantitative estimate of drug-likeness (QED) is 0.578. The van der Waals surface area contributed by atoms with Crippen LogP contribution >= 0.6 is 0 Å². The largest absolute Gasteiger partial charge is 0.384 e. The molecule has 2 aromatic carbocycles. The highest BCUT2D eigenvalue weighted by Crippen LogP contribution is 2.35. The van der Waals surface area contributed by atoms with Crippen LogP contribution in [0.1, 0.15) is 13.3 Å². The van der Waals surface area contributed by atoms with E-state index in [0.29, 0.717) is 23.9 Å². The fraction of sp³-hybridized carbons (Fsp3) is 0.167. The maximum atomic E-state index is 14.4. The molecule has 0 amide bonds. The van der Waals surface area contributed by atoms with E-state index in [0.717, 1.165) is 0 Å². The standard InChI is InChI=1S/C18H16FN3O3/c1-2-9-21-17(20)16(13-5-3-4-6-15(13)19)12-8-7-11(22(24)25)10-14(12)18(21)23/h3-8,10H,2,9,20H2,1H3. The van der Waals surface area contributed by atoms with E-state index in [1.807, 2.05) is 6.92 Å². The summed E-state index contributed by atoms with van der Waals surface area (Å²) in [6, 6.07) is 10.1. The highest BCUT2D eigenvalue weighted by Gasteiger charge is 2.20. The fourth-order valence-electron chi connectivity index (χ4n) is 2.96. The second-order valence-corrected chi connectivity index (χ2v) is 5.68. The van der Waals surface area contributed by atoms with Crippen LogP contribution in [0.15, 0.2) is 47.3 Å². The van der Waals surface area contributed by atoms with Gasteiger partial charge in [-0.1, -0.05) is 25.1 Å². The van der Waals surface area contributed by atoms with Gasteiger partial charge in [0.05, 0.1) is 10.3 Å². The van der Waals surface area contributed by atoms with E-state index in [-0.39, 0.29) is 22.5 Å².